The van der Waals surface area contributed by atoms with E-state index < -0.39 is 0 Å². The topological polar surface area (TPSA) is 3.24 Å². The molecule has 2 atom stereocenters. The SMILES string of the molecule is CCC1CC2CCCC(C1)C21c2ccccc2-c2cc(N(c3ccc4c(c3)C3(CCCCC3)c3ccccc3-4)c3ccc(-c4ccccc4)c4ccccc34)ccc21. The van der Waals surface area contributed by atoms with Crippen LogP contribution in [0.1, 0.15) is 99.8 Å². The van der Waals surface area contributed by atoms with Crippen molar-refractivity contribution in [1.29, 1.82) is 0 Å². The molecule has 58 heavy (non-hydrogen) atoms. The summed E-state index contributed by atoms with van der Waals surface area (Å²) >= 11 is 0. The third-order valence-corrected chi connectivity index (χ3v) is 16.0. The van der Waals surface area contributed by atoms with Crippen LogP contribution in [-0.2, 0) is 10.8 Å². The third-order valence-electron chi connectivity index (χ3n) is 16.0. The first kappa shape index (κ1) is 34.6. The molecule has 3 fully saturated rings. The maximum Gasteiger partial charge on any atom is 0.0540 e. The van der Waals surface area contributed by atoms with Crippen LogP contribution in [0.2, 0.25) is 0 Å². The Hall–Kier alpha value is -5.40. The second-order valence-corrected chi connectivity index (χ2v) is 18.5. The van der Waals surface area contributed by atoms with Gasteiger partial charge < -0.3 is 4.90 Å². The van der Waals surface area contributed by atoms with Crippen molar-refractivity contribution in [2.75, 3.05) is 4.90 Å². The third kappa shape index (κ3) is 4.83. The van der Waals surface area contributed by atoms with Gasteiger partial charge in [0, 0.05) is 27.6 Å². The van der Waals surface area contributed by atoms with Crippen LogP contribution in [0.25, 0.3) is 44.2 Å². The van der Waals surface area contributed by atoms with Gasteiger partial charge in [0.25, 0.3) is 0 Å². The minimum atomic E-state index is 0.0868. The molecule has 0 saturated heterocycles. The molecular formula is C57H53N. The van der Waals surface area contributed by atoms with Crippen LogP contribution in [0.5, 0.6) is 0 Å². The Morgan fingerprint density at radius 1 is 0.483 bits per heavy atom. The molecule has 286 valence electrons. The summed E-state index contributed by atoms with van der Waals surface area (Å²) in [6.45, 7) is 2.43. The lowest BCUT2D eigenvalue weighted by Gasteiger charge is -2.55. The summed E-state index contributed by atoms with van der Waals surface area (Å²) in [7, 11) is 0. The van der Waals surface area contributed by atoms with Gasteiger partial charge in [-0.2, -0.15) is 0 Å². The molecule has 1 heteroatoms. The van der Waals surface area contributed by atoms with Crippen molar-refractivity contribution in [3.8, 4) is 33.4 Å². The molecule has 7 aromatic rings. The Kier molecular flexibility index (Phi) is 7.95. The van der Waals surface area contributed by atoms with Crippen LogP contribution in [0.15, 0.2) is 152 Å². The van der Waals surface area contributed by atoms with Crippen molar-refractivity contribution in [3.05, 3.63) is 174 Å². The van der Waals surface area contributed by atoms with E-state index in [1.54, 1.807) is 16.7 Å². The quantitative estimate of drug-likeness (QED) is 0.169. The van der Waals surface area contributed by atoms with Crippen molar-refractivity contribution in [3.63, 3.8) is 0 Å². The zero-order valence-corrected chi connectivity index (χ0v) is 33.9. The fourth-order valence-electron chi connectivity index (χ4n) is 13.7. The van der Waals surface area contributed by atoms with Crippen LogP contribution >= 0.6 is 0 Å². The summed E-state index contributed by atoms with van der Waals surface area (Å²) in [5, 5.41) is 2.57. The second-order valence-electron chi connectivity index (χ2n) is 18.5. The Labute approximate surface area is 344 Å². The van der Waals surface area contributed by atoms with Gasteiger partial charge in [-0.05, 0) is 148 Å². The van der Waals surface area contributed by atoms with Gasteiger partial charge in [0.2, 0.25) is 0 Å². The molecule has 5 aliphatic carbocycles. The van der Waals surface area contributed by atoms with Gasteiger partial charge in [0.1, 0.15) is 0 Å². The lowest BCUT2D eigenvalue weighted by Crippen LogP contribution is -2.49. The smallest absolute Gasteiger partial charge is 0.0540 e. The van der Waals surface area contributed by atoms with E-state index in [2.05, 4.69) is 163 Å². The molecule has 0 radical (unpaired) electrons. The molecule has 5 aliphatic rings. The van der Waals surface area contributed by atoms with Gasteiger partial charge in [-0.3, -0.25) is 0 Å². The average Bonchev–Trinajstić information content (AvgIpc) is 3.70. The van der Waals surface area contributed by atoms with Gasteiger partial charge in [-0.15, -0.1) is 0 Å². The summed E-state index contributed by atoms with van der Waals surface area (Å²) in [6, 6.07) is 58.9. The van der Waals surface area contributed by atoms with E-state index in [-0.39, 0.29) is 10.8 Å². The second kappa shape index (κ2) is 13.3. The van der Waals surface area contributed by atoms with Crippen LogP contribution < -0.4 is 4.90 Å². The predicted molar refractivity (Wildman–Crippen MR) is 243 cm³/mol. The molecule has 0 aliphatic heterocycles. The van der Waals surface area contributed by atoms with Crippen molar-refractivity contribution in [1.82, 2.24) is 0 Å². The number of hydrogen-bond donors (Lipinski definition) is 0. The summed E-state index contributed by atoms with van der Waals surface area (Å²) in [6.07, 6.45) is 14.5. The van der Waals surface area contributed by atoms with Gasteiger partial charge in [-0.25, -0.2) is 0 Å². The van der Waals surface area contributed by atoms with Crippen molar-refractivity contribution in [2.24, 2.45) is 17.8 Å². The molecule has 12 rings (SSSR count). The first-order valence-electron chi connectivity index (χ1n) is 22.5. The lowest BCUT2D eigenvalue weighted by atomic mass is 9.49. The minimum Gasteiger partial charge on any atom is -0.310 e. The molecule has 2 bridgehead atoms. The summed E-state index contributed by atoms with van der Waals surface area (Å²) < 4.78 is 0. The fourth-order valence-corrected chi connectivity index (χ4v) is 13.7. The zero-order valence-electron chi connectivity index (χ0n) is 33.9. The highest BCUT2D eigenvalue weighted by Gasteiger charge is 2.57. The molecule has 0 amide bonds. The summed E-state index contributed by atoms with van der Waals surface area (Å²) in [4.78, 5) is 2.62. The fraction of sp³-hybridized carbons (Fsp3) is 0.298. The Bertz CT molecular complexity index is 2700. The number of rotatable bonds is 5. The van der Waals surface area contributed by atoms with Crippen LogP contribution in [0, 0.1) is 17.8 Å². The molecular weight excluding hydrogens is 699 g/mol. The molecule has 3 saturated carbocycles. The van der Waals surface area contributed by atoms with Crippen molar-refractivity contribution in [2.45, 2.75) is 88.4 Å². The molecule has 2 unspecified atom stereocenters. The molecule has 7 aromatic carbocycles. The monoisotopic (exact) mass is 751 g/mol. The van der Waals surface area contributed by atoms with Crippen LogP contribution in [0.4, 0.5) is 17.1 Å². The lowest BCUT2D eigenvalue weighted by molar-refractivity contribution is 0.0492. The normalized spacial score (nSPS) is 23.4. The van der Waals surface area contributed by atoms with E-state index in [0.717, 1.165) is 5.92 Å². The van der Waals surface area contributed by atoms with Gasteiger partial charge in [0.05, 0.1) is 5.69 Å². The molecule has 0 heterocycles. The molecule has 1 nitrogen and oxygen atoms in total. The van der Waals surface area contributed by atoms with E-state index in [4.69, 9.17) is 0 Å². The number of benzene rings is 7. The first-order chi connectivity index (χ1) is 28.7. The van der Waals surface area contributed by atoms with E-state index in [1.807, 2.05) is 0 Å². The van der Waals surface area contributed by atoms with Crippen molar-refractivity contribution >= 4 is 27.8 Å². The molecule has 2 spiro atoms. The largest absolute Gasteiger partial charge is 0.310 e. The van der Waals surface area contributed by atoms with E-state index >= 15 is 0 Å². The molecule has 0 N–H and O–H groups in total. The van der Waals surface area contributed by atoms with Crippen LogP contribution in [-0.4, -0.2) is 0 Å². The van der Waals surface area contributed by atoms with E-state index in [1.165, 1.54) is 137 Å². The highest BCUT2D eigenvalue weighted by atomic mass is 15.1. The first-order valence-corrected chi connectivity index (χ1v) is 22.5. The number of fused-ring (bicyclic) bond motifs is 9. The van der Waals surface area contributed by atoms with Crippen molar-refractivity contribution < 1.29 is 0 Å². The highest BCUT2D eigenvalue weighted by molar-refractivity contribution is 6.06. The number of anilines is 3. The standard InChI is InChI=1S/C57H53N/c1-2-38-34-40-18-15-19-41(35-38)57(40)52-25-12-10-22-47(52)50-36-42(27-30-53(50)57)58(55-31-29-44(39-16-5-3-6-17-39)45-20-7-8-23-49(45)55)43-26-28-48-46-21-9-11-24-51(46)56(54(48)37-43)32-13-4-14-33-56/h3,5-12,16-17,20-31,36-38,40-41H,2,4,13-15,18-19,32-35H2,1H3. The van der Waals surface area contributed by atoms with Gasteiger partial charge in [-0.1, -0.05) is 160 Å². The van der Waals surface area contributed by atoms with Crippen LogP contribution in [0.3, 0.4) is 0 Å². The Balaban J connectivity index is 1.09. The maximum absolute atomic E-state index is 2.62. The van der Waals surface area contributed by atoms with Gasteiger partial charge in [0.15, 0.2) is 0 Å². The summed E-state index contributed by atoms with van der Waals surface area (Å²) in [5.74, 6) is 2.29. The average molecular weight is 752 g/mol. The number of hydrogen-bond acceptors (Lipinski definition) is 1. The van der Waals surface area contributed by atoms with E-state index in [0.29, 0.717) is 11.8 Å². The van der Waals surface area contributed by atoms with Gasteiger partial charge >= 0.3 is 0 Å². The number of nitrogens with zero attached hydrogens (tertiary/aromatic N) is 1. The minimum absolute atomic E-state index is 0.0868. The Morgan fingerprint density at radius 3 is 1.86 bits per heavy atom. The Morgan fingerprint density at radius 2 is 1.09 bits per heavy atom. The molecule has 0 aromatic heterocycles. The zero-order chi connectivity index (χ0) is 38.4. The maximum atomic E-state index is 2.62. The highest BCUT2D eigenvalue weighted by Crippen LogP contribution is 2.66. The predicted octanol–water partition coefficient (Wildman–Crippen LogP) is 15.7. The van der Waals surface area contributed by atoms with E-state index in [9.17, 15) is 0 Å². The summed E-state index contributed by atoms with van der Waals surface area (Å²) in [5.41, 5.74) is 18.6.